The van der Waals surface area contributed by atoms with Gasteiger partial charge in [0.05, 0.1) is 11.6 Å². The number of nitrogens with two attached hydrogens (primary N) is 1. The van der Waals surface area contributed by atoms with Gasteiger partial charge in [-0.15, -0.1) is 0 Å². The second kappa shape index (κ2) is 4.92. The third-order valence-corrected chi connectivity index (χ3v) is 3.38. The Morgan fingerprint density at radius 1 is 1.44 bits per heavy atom. The number of aliphatic carboxylic acids is 1. The highest BCUT2D eigenvalue weighted by Gasteiger charge is 2.37. The summed E-state index contributed by atoms with van der Waals surface area (Å²) in [4.78, 5) is 11.4. The van der Waals surface area contributed by atoms with Crippen molar-refractivity contribution in [2.45, 2.75) is 33.1 Å². The summed E-state index contributed by atoms with van der Waals surface area (Å²) in [6.45, 7) is 5.28. The Bertz CT molecular complexity index is 472. The maximum absolute atomic E-state index is 13.4. The molecule has 1 aromatic rings. The van der Waals surface area contributed by atoms with Gasteiger partial charge in [0.25, 0.3) is 0 Å². The minimum Gasteiger partial charge on any atom is -0.481 e. The highest BCUT2D eigenvalue weighted by atomic mass is 19.1. The number of rotatable bonds is 4. The van der Waals surface area contributed by atoms with Gasteiger partial charge in [-0.2, -0.15) is 0 Å². The molecule has 0 aromatic heterocycles. The molecule has 1 rings (SSSR count). The molecule has 0 aliphatic carbocycles. The van der Waals surface area contributed by atoms with Crippen LogP contribution in [0.2, 0.25) is 0 Å². The van der Waals surface area contributed by atoms with E-state index in [2.05, 4.69) is 0 Å². The van der Waals surface area contributed by atoms with E-state index in [9.17, 15) is 18.7 Å². The Hall–Kier alpha value is -1.65. The number of carbonyl (C=O) groups is 1. The molecule has 0 amide bonds. The van der Waals surface area contributed by atoms with E-state index in [4.69, 9.17) is 5.73 Å². The van der Waals surface area contributed by atoms with Gasteiger partial charge in [-0.3, -0.25) is 4.79 Å². The molecule has 0 radical (unpaired) electrons. The third kappa shape index (κ3) is 2.60. The lowest BCUT2D eigenvalue weighted by atomic mass is 9.72. The van der Waals surface area contributed by atoms with Gasteiger partial charge in [0.2, 0.25) is 0 Å². The van der Waals surface area contributed by atoms with E-state index in [1.165, 1.54) is 0 Å². The molecule has 0 fully saturated rings. The summed E-state index contributed by atoms with van der Waals surface area (Å²) in [5.41, 5.74) is 4.58. The minimum atomic E-state index is -1.14. The topological polar surface area (TPSA) is 63.3 Å². The van der Waals surface area contributed by atoms with Gasteiger partial charge in [0.1, 0.15) is 11.6 Å². The van der Waals surface area contributed by atoms with Crippen molar-refractivity contribution in [1.82, 2.24) is 0 Å². The molecule has 18 heavy (non-hydrogen) atoms. The molecule has 1 atom stereocenters. The molecule has 0 bridgehead atoms. The van der Waals surface area contributed by atoms with Gasteiger partial charge in [0.15, 0.2) is 0 Å². The molecule has 1 aromatic carbocycles. The van der Waals surface area contributed by atoms with Crippen LogP contribution in [-0.4, -0.2) is 11.1 Å². The van der Waals surface area contributed by atoms with Gasteiger partial charge in [-0.05, 0) is 23.5 Å². The summed E-state index contributed by atoms with van der Waals surface area (Å²) < 4.78 is 26.6. The van der Waals surface area contributed by atoms with Crippen molar-refractivity contribution < 1.29 is 18.7 Å². The van der Waals surface area contributed by atoms with Crippen molar-refractivity contribution >= 4 is 11.7 Å². The molecule has 0 spiro atoms. The van der Waals surface area contributed by atoms with Crippen LogP contribution in [0, 0.1) is 17.0 Å². The number of nitrogen functional groups attached to an aromatic ring is 1. The van der Waals surface area contributed by atoms with Gasteiger partial charge in [-0.25, -0.2) is 8.78 Å². The molecule has 3 N–H and O–H groups in total. The fourth-order valence-electron chi connectivity index (χ4n) is 1.94. The first-order valence-electron chi connectivity index (χ1n) is 5.68. The highest BCUT2D eigenvalue weighted by molar-refractivity contribution is 5.79. The summed E-state index contributed by atoms with van der Waals surface area (Å²) in [5.74, 6) is -3.94. The lowest BCUT2D eigenvalue weighted by Crippen LogP contribution is -2.29. The zero-order chi connectivity index (χ0) is 14.1. The molecule has 0 saturated heterocycles. The van der Waals surface area contributed by atoms with Crippen LogP contribution in [0.15, 0.2) is 12.1 Å². The van der Waals surface area contributed by atoms with Gasteiger partial charge in [0, 0.05) is 6.07 Å². The van der Waals surface area contributed by atoms with Crippen LogP contribution in [0.3, 0.4) is 0 Å². The molecular formula is C13H17F2NO2. The summed E-state index contributed by atoms with van der Waals surface area (Å²) >= 11 is 0. The van der Waals surface area contributed by atoms with Crippen molar-refractivity contribution in [2.24, 2.45) is 5.41 Å². The van der Waals surface area contributed by atoms with Crippen LogP contribution < -0.4 is 5.73 Å². The van der Waals surface area contributed by atoms with E-state index in [1.54, 1.807) is 13.8 Å². The van der Waals surface area contributed by atoms with E-state index in [0.29, 0.717) is 12.5 Å². The Morgan fingerprint density at radius 3 is 2.44 bits per heavy atom. The normalized spacial score (nSPS) is 13.4. The van der Waals surface area contributed by atoms with Crippen molar-refractivity contribution in [3.05, 3.63) is 29.3 Å². The molecule has 1 unspecified atom stereocenters. The molecule has 5 heteroatoms. The lowest BCUT2D eigenvalue weighted by Gasteiger charge is -2.31. The first kappa shape index (κ1) is 14.4. The molecule has 0 heterocycles. The lowest BCUT2D eigenvalue weighted by molar-refractivity contribution is -0.141. The fraction of sp³-hybridized carbons (Fsp3) is 0.462. The van der Waals surface area contributed by atoms with Crippen molar-refractivity contribution in [2.75, 3.05) is 5.73 Å². The molecule has 0 aliphatic rings. The van der Waals surface area contributed by atoms with Crippen LogP contribution in [0.1, 0.15) is 38.7 Å². The van der Waals surface area contributed by atoms with Crippen molar-refractivity contribution in [1.29, 1.82) is 0 Å². The van der Waals surface area contributed by atoms with E-state index >= 15 is 0 Å². The van der Waals surface area contributed by atoms with Crippen LogP contribution >= 0.6 is 0 Å². The number of carboxylic acids is 1. The Kier molecular flexibility index (Phi) is 3.94. The predicted molar refractivity (Wildman–Crippen MR) is 65.2 cm³/mol. The number of carboxylic acid groups (broad SMARTS) is 1. The quantitative estimate of drug-likeness (QED) is 0.814. The number of hydrogen-bond acceptors (Lipinski definition) is 2. The van der Waals surface area contributed by atoms with E-state index < -0.39 is 28.9 Å². The van der Waals surface area contributed by atoms with E-state index in [-0.39, 0.29) is 11.3 Å². The summed E-state index contributed by atoms with van der Waals surface area (Å²) in [5, 5.41) is 9.30. The second-order valence-corrected chi connectivity index (χ2v) is 5.00. The third-order valence-electron chi connectivity index (χ3n) is 3.38. The van der Waals surface area contributed by atoms with E-state index in [0.717, 1.165) is 6.07 Å². The Labute approximate surface area is 105 Å². The first-order chi connectivity index (χ1) is 8.20. The first-order valence-corrected chi connectivity index (χ1v) is 5.68. The maximum atomic E-state index is 13.4. The van der Waals surface area contributed by atoms with Crippen molar-refractivity contribution in [3.63, 3.8) is 0 Å². The average Bonchev–Trinajstić information content (AvgIpc) is 2.24. The SMILES string of the molecule is CCC(C)(C)C(C(=O)O)c1cc(F)cc(F)c1N. The second-order valence-electron chi connectivity index (χ2n) is 5.00. The zero-order valence-electron chi connectivity index (χ0n) is 10.6. The van der Waals surface area contributed by atoms with Gasteiger partial charge in [-0.1, -0.05) is 20.8 Å². The zero-order valence-corrected chi connectivity index (χ0v) is 10.6. The summed E-state index contributed by atoms with van der Waals surface area (Å²) in [7, 11) is 0. The summed E-state index contributed by atoms with van der Waals surface area (Å²) in [6, 6.07) is 1.64. The monoisotopic (exact) mass is 257 g/mol. The van der Waals surface area contributed by atoms with Crippen LogP contribution in [0.5, 0.6) is 0 Å². The minimum absolute atomic E-state index is 0.00755. The molecule has 100 valence electrons. The van der Waals surface area contributed by atoms with Gasteiger partial charge < -0.3 is 10.8 Å². The van der Waals surface area contributed by atoms with Crippen molar-refractivity contribution in [3.8, 4) is 0 Å². The largest absolute Gasteiger partial charge is 0.481 e. The predicted octanol–water partition coefficient (Wildman–Crippen LogP) is 3.15. The fourth-order valence-corrected chi connectivity index (χ4v) is 1.94. The number of hydrogen-bond donors (Lipinski definition) is 2. The van der Waals surface area contributed by atoms with E-state index in [1.807, 2.05) is 6.92 Å². The molecule has 0 saturated carbocycles. The van der Waals surface area contributed by atoms with Crippen LogP contribution in [-0.2, 0) is 4.79 Å². The molecule has 0 aliphatic heterocycles. The molecule has 3 nitrogen and oxygen atoms in total. The standard InChI is InChI=1S/C13H17F2NO2/c1-4-13(2,3)10(12(17)18)8-5-7(14)6-9(15)11(8)16/h5-6,10H,4,16H2,1-3H3,(H,17,18). The Balaban J connectivity index is 3.45. The number of halogens is 2. The average molecular weight is 257 g/mol. The molecular weight excluding hydrogens is 240 g/mol. The van der Waals surface area contributed by atoms with Gasteiger partial charge >= 0.3 is 5.97 Å². The number of anilines is 1. The van der Waals surface area contributed by atoms with Crippen LogP contribution in [0.25, 0.3) is 0 Å². The van der Waals surface area contributed by atoms with Crippen LogP contribution in [0.4, 0.5) is 14.5 Å². The highest BCUT2D eigenvalue weighted by Crippen LogP contribution is 2.41. The maximum Gasteiger partial charge on any atom is 0.311 e. The Morgan fingerprint density at radius 2 is 2.00 bits per heavy atom. The summed E-state index contributed by atoms with van der Waals surface area (Å²) in [6.07, 6.45) is 0.543. The smallest absolute Gasteiger partial charge is 0.311 e. The number of benzene rings is 1.